The van der Waals surface area contributed by atoms with Crippen LogP contribution in [0.4, 0.5) is 4.79 Å². The zero-order chi connectivity index (χ0) is 15.1. The van der Waals surface area contributed by atoms with E-state index >= 15 is 0 Å². The van der Waals surface area contributed by atoms with E-state index in [9.17, 15) is 19.5 Å². The number of carboxylic acids is 1. The second-order valence-corrected chi connectivity index (χ2v) is 6.36. The van der Waals surface area contributed by atoms with Gasteiger partial charge in [0.1, 0.15) is 0 Å². The van der Waals surface area contributed by atoms with Crippen molar-refractivity contribution in [2.75, 3.05) is 13.1 Å². The number of carboxylic acid groups (broad SMARTS) is 1. The van der Waals surface area contributed by atoms with Gasteiger partial charge < -0.3 is 20.6 Å². The SMILES string of the molecule is NC(=O)C1CCCN(C(=O)N2C3CCC2C(C(=O)O)C3)C1. The van der Waals surface area contributed by atoms with Gasteiger partial charge in [0.2, 0.25) is 5.91 Å². The molecule has 3 N–H and O–H groups in total. The quantitative estimate of drug-likeness (QED) is 0.761. The van der Waals surface area contributed by atoms with Crippen molar-refractivity contribution in [3.63, 3.8) is 0 Å². The van der Waals surface area contributed by atoms with E-state index in [-0.39, 0.29) is 29.9 Å². The molecule has 116 valence electrons. The molecule has 4 unspecified atom stereocenters. The highest BCUT2D eigenvalue weighted by Crippen LogP contribution is 2.42. The summed E-state index contributed by atoms with van der Waals surface area (Å²) in [7, 11) is 0. The number of aliphatic carboxylic acids is 1. The summed E-state index contributed by atoms with van der Waals surface area (Å²) in [6, 6.07) is -0.260. The van der Waals surface area contributed by atoms with Crippen molar-refractivity contribution < 1.29 is 19.5 Å². The molecule has 4 atom stereocenters. The van der Waals surface area contributed by atoms with Crippen LogP contribution in [0.25, 0.3) is 0 Å². The number of hydrogen-bond donors (Lipinski definition) is 2. The van der Waals surface area contributed by atoms with Gasteiger partial charge in [0.15, 0.2) is 0 Å². The first-order valence-corrected chi connectivity index (χ1v) is 7.58. The van der Waals surface area contributed by atoms with E-state index in [1.807, 2.05) is 0 Å². The topological polar surface area (TPSA) is 104 Å². The second kappa shape index (κ2) is 5.20. The Kier molecular flexibility index (Phi) is 3.51. The number of urea groups is 1. The summed E-state index contributed by atoms with van der Waals surface area (Å²) in [4.78, 5) is 38.7. The molecule has 3 heterocycles. The first kappa shape index (κ1) is 14.2. The molecule has 21 heavy (non-hydrogen) atoms. The molecule has 7 nitrogen and oxygen atoms in total. The summed E-state index contributed by atoms with van der Waals surface area (Å²) in [5.74, 6) is -1.89. The summed E-state index contributed by atoms with van der Waals surface area (Å²) >= 11 is 0. The van der Waals surface area contributed by atoms with E-state index < -0.39 is 11.9 Å². The van der Waals surface area contributed by atoms with Crippen molar-refractivity contribution in [3.05, 3.63) is 0 Å². The number of hydrogen-bond acceptors (Lipinski definition) is 3. The molecule has 0 spiro atoms. The molecular weight excluding hydrogens is 274 g/mol. The molecule has 0 aromatic heterocycles. The lowest BCUT2D eigenvalue weighted by molar-refractivity contribution is -0.142. The number of nitrogens with two attached hydrogens (primary N) is 1. The van der Waals surface area contributed by atoms with Crippen LogP contribution in [-0.4, -0.2) is 58.0 Å². The Morgan fingerprint density at radius 2 is 1.90 bits per heavy atom. The van der Waals surface area contributed by atoms with Gasteiger partial charge in [-0.2, -0.15) is 0 Å². The number of amides is 3. The Labute approximate surface area is 123 Å². The van der Waals surface area contributed by atoms with Crippen LogP contribution in [-0.2, 0) is 9.59 Å². The molecule has 0 aromatic rings. The molecule has 3 amide bonds. The van der Waals surface area contributed by atoms with Crippen LogP contribution in [0.2, 0.25) is 0 Å². The monoisotopic (exact) mass is 295 g/mol. The number of likely N-dealkylation sites (tertiary alicyclic amines) is 1. The molecule has 3 rings (SSSR count). The third-order valence-electron chi connectivity index (χ3n) is 5.17. The van der Waals surface area contributed by atoms with Crippen LogP contribution >= 0.6 is 0 Å². The Balaban J connectivity index is 1.71. The van der Waals surface area contributed by atoms with Crippen molar-refractivity contribution in [3.8, 4) is 0 Å². The van der Waals surface area contributed by atoms with Gasteiger partial charge in [0.25, 0.3) is 0 Å². The lowest BCUT2D eigenvalue weighted by Gasteiger charge is -2.36. The maximum atomic E-state index is 12.7. The van der Waals surface area contributed by atoms with Crippen LogP contribution in [0.5, 0.6) is 0 Å². The van der Waals surface area contributed by atoms with E-state index in [2.05, 4.69) is 0 Å². The zero-order valence-corrected chi connectivity index (χ0v) is 11.9. The van der Waals surface area contributed by atoms with Gasteiger partial charge in [-0.15, -0.1) is 0 Å². The largest absolute Gasteiger partial charge is 0.481 e. The van der Waals surface area contributed by atoms with Gasteiger partial charge in [-0.1, -0.05) is 0 Å². The number of carbonyl (C=O) groups excluding carboxylic acids is 2. The van der Waals surface area contributed by atoms with E-state index in [1.165, 1.54) is 0 Å². The van der Waals surface area contributed by atoms with Crippen LogP contribution in [0.15, 0.2) is 0 Å². The van der Waals surface area contributed by atoms with E-state index in [0.717, 1.165) is 25.7 Å². The van der Waals surface area contributed by atoms with E-state index in [1.54, 1.807) is 9.80 Å². The zero-order valence-electron chi connectivity index (χ0n) is 11.9. The second-order valence-electron chi connectivity index (χ2n) is 6.36. The Morgan fingerprint density at radius 1 is 1.14 bits per heavy atom. The minimum absolute atomic E-state index is 0.0394. The molecule has 3 saturated heterocycles. The predicted octanol–water partition coefficient (Wildman–Crippen LogP) is 0.241. The van der Waals surface area contributed by atoms with Gasteiger partial charge in [0.05, 0.1) is 11.8 Å². The predicted molar refractivity (Wildman–Crippen MR) is 73.3 cm³/mol. The van der Waals surface area contributed by atoms with Crippen LogP contribution in [0, 0.1) is 11.8 Å². The molecule has 0 radical (unpaired) electrons. The number of rotatable bonds is 2. The van der Waals surface area contributed by atoms with Crippen molar-refractivity contribution in [1.82, 2.24) is 9.80 Å². The lowest BCUT2D eigenvalue weighted by Crippen LogP contribution is -2.51. The summed E-state index contributed by atoms with van der Waals surface area (Å²) in [6.45, 7) is 0.984. The number of piperidine rings is 1. The molecule has 3 fully saturated rings. The minimum atomic E-state index is -0.811. The molecule has 0 saturated carbocycles. The highest BCUT2D eigenvalue weighted by atomic mass is 16.4. The first-order valence-electron chi connectivity index (χ1n) is 7.58. The lowest BCUT2D eigenvalue weighted by atomic mass is 9.89. The van der Waals surface area contributed by atoms with Crippen LogP contribution in [0.3, 0.4) is 0 Å². The number of nitrogens with zero attached hydrogens (tertiary/aromatic N) is 2. The van der Waals surface area contributed by atoms with Gasteiger partial charge in [-0.25, -0.2) is 4.79 Å². The van der Waals surface area contributed by atoms with Crippen molar-refractivity contribution in [2.45, 2.75) is 44.2 Å². The highest BCUT2D eigenvalue weighted by molar-refractivity contribution is 5.81. The molecule has 3 aliphatic heterocycles. The average Bonchev–Trinajstić information content (AvgIpc) is 3.04. The fourth-order valence-corrected chi connectivity index (χ4v) is 4.10. The molecular formula is C14H21N3O4. The Bertz CT molecular complexity index is 481. The Morgan fingerprint density at radius 3 is 2.52 bits per heavy atom. The van der Waals surface area contributed by atoms with Gasteiger partial charge in [0, 0.05) is 25.2 Å². The summed E-state index contributed by atoms with van der Waals surface area (Å²) in [5.41, 5.74) is 5.34. The van der Waals surface area contributed by atoms with Gasteiger partial charge >= 0.3 is 12.0 Å². The van der Waals surface area contributed by atoms with Crippen molar-refractivity contribution in [1.29, 1.82) is 0 Å². The molecule has 3 aliphatic rings. The van der Waals surface area contributed by atoms with Gasteiger partial charge in [-0.3, -0.25) is 9.59 Å². The fraction of sp³-hybridized carbons (Fsp3) is 0.786. The molecule has 0 aliphatic carbocycles. The molecule has 2 bridgehead atoms. The van der Waals surface area contributed by atoms with E-state index in [4.69, 9.17) is 5.73 Å². The standard InChI is InChI=1S/C14H21N3O4/c15-12(18)8-2-1-5-16(7-8)14(21)17-9-3-4-11(17)10(6-9)13(19)20/h8-11H,1-7H2,(H2,15,18)(H,19,20). The summed E-state index contributed by atoms with van der Waals surface area (Å²) < 4.78 is 0. The highest BCUT2D eigenvalue weighted by Gasteiger charge is 2.52. The maximum absolute atomic E-state index is 12.7. The van der Waals surface area contributed by atoms with Gasteiger partial charge in [-0.05, 0) is 32.1 Å². The maximum Gasteiger partial charge on any atom is 0.320 e. The van der Waals surface area contributed by atoms with Crippen LogP contribution < -0.4 is 5.73 Å². The fourth-order valence-electron chi connectivity index (χ4n) is 4.10. The first-order chi connectivity index (χ1) is 9.99. The minimum Gasteiger partial charge on any atom is -0.481 e. The molecule has 0 aromatic carbocycles. The third-order valence-corrected chi connectivity index (χ3v) is 5.17. The smallest absolute Gasteiger partial charge is 0.320 e. The van der Waals surface area contributed by atoms with E-state index in [0.29, 0.717) is 19.5 Å². The van der Waals surface area contributed by atoms with Crippen LogP contribution in [0.1, 0.15) is 32.1 Å². The summed E-state index contributed by atoms with van der Waals surface area (Å²) in [6.07, 6.45) is 3.70. The Hall–Kier alpha value is -1.79. The normalized spacial score (nSPS) is 35.0. The number of fused-ring (bicyclic) bond motifs is 2. The molecule has 7 heteroatoms. The number of primary amides is 1. The summed E-state index contributed by atoms with van der Waals surface area (Å²) in [5, 5.41) is 9.25. The average molecular weight is 295 g/mol. The third kappa shape index (κ3) is 2.34. The van der Waals surface area contributed by atoms with Crippen molar-refractivity contribution >= 4 is 17.9 Å². The van der Waals surface area contributed by atoms with Crippen molar-refractivity contribution in [2.24, 2.45) is 17.6 Å². The number of carbonyl (C=O) groups is 3.